The number of rotatable bonds is 6. The molecule has 100 valence electrons. The molecule has 1 aromatic heterocycles. The zero-order valence-electron chi connectivity index (χ0n) is 11.5. The Labute approximate surface area is 123 Å². The smallest absolute Gasteiger partial charge is 0.143 e. The van der Waals surface area contributed by atoms with Crippen LogP contribution >= 0.6 is 22.6 Å². The second kappa shape index (κ2) is 6.17. The summed E-state index contributed by atoms with van der Waals surface area (Å²) in [6.45, 7) is 7.56. The van der Waals surface area contributed by atoms with Crippen LogP contribution in [-0.2, 0) is 6.42 Å². The van der Waals surface area contributed by atoms with Gasteiger partial charge < -0.3 is 5.32 Å². The van der Waals surface area contributed by atoms with E-state index < -0.39 is 0 Å². The van der Waals surface area contributed by atoms with Crippen LogP contribution in [0.5, 0.6) is 0 Å². The van der Waals surface area contributed by atoms with Crippen molar-refractivity contribution < 1.29 is 0 Å². The lowest BCUT2D eigenvalue weighted by Crippen LogP contribution is -2.12. The normalized spacial score (nSPS) is 15.2. The van der Waals surface area contributed by atoms with Gasteiger partial charge in [0.15, 0.2) is 0 Å². The number of aromatic nitrogens is 2. The maximum Gasteiger partial charge on any atom is 0.143 e. The Morgan fingerprint density at radius 2 is 2.06 bits per heavy atom. The summed E-state index contributed by atoms with van der Waals surface area (Å²) in [6.07, 6.45) is 4.88. The van der Waals surface area contributed by atoms with Crippen LogP contribution in [0.2, 0.25) is 0 Å². The van der Waals surface area contributed by atoms with Crippen molar-refractivity contribution in [2.75, 3.05) is 11.9 Å². The van der Waals surface area contributed by atoms with Crippen molar-refractivity contribution >= 4 is 28.4 Å². The second-order valence-electron chi connectivity index (χ2n) is 5.42. The van der Waals surface area contributed by atoms with Crippen LogP contribution in [0.3, 0.4) is 0 Å². The summed E-state index contributed by atoms with van der Waals surface area (Å²) in [7, 11) is 0. The van der Waals surface area contributed by atoms with E-state index in [-0.39, 0.29) is 0 Å². The molecule has 3 nitrogen and oxygen atoms in total. The van der Waals surface area contributed by atoms with Gasteiger partial charge in [0, 0.05) is 13.0 Å². The van der Waals surface area contributed by atoms with Crippen LogP contribution in [0.15, 0.2) is 0 Å². The fraction of sp³-hybridized carbons (Fsp3) is 0.714. The lowest BCUT2D eigenvalue weighted by molar-refractivity contribution is 0.728. The van der Waals surface area contributed by atoms with Crippen LogP contribution in [0.1, 0.15) is 57.5 Å². The van der Waals surface area contributed by atoms with Crippen LogP contribution in [0.25, 0.3) is 0 Å². The van der Waals surface area contributed by atoms with E-state index in [2.05, 4.69) is 48.7 Å². The first-order valence-corrected chi connectivity index (χ1v) is 7.99. The molecule has 0 unspecified atom stereocenters. The minimum absolute atomic E-state index is 0.458. The van der Waals surface area contributed by atoms with Crippen molar-refractivity contribution in [1.82, 2.24) is 9.97 Å². The summed E-state index contributed by atoms with van der Waals surface area (Å²) < 4.78 is 1.19. The molecule has 1 aromatic rings. The molecule has 0 amide bonds. The summed E-state index contributed by atoms with van der Waals surface area (Å²) >= 11 is 2.37. The third-order valence-corrected chi connectivity index (χ3v) is 4.24. The van der Waals surface area contributed by atoms with Gasteiger partial charge in [-0.3, -0.25) is 0 Å². The molecule has 0 atom stereocenters. The Hall–Kier alpha value is -0.390. The molecule has 1 fully saturated rings. The number of nitrogens with one attached hydrogen (secondary N) is 1. The molecule has 0 spiro atoms. The van der Waals surface area contributed by atoms with Gasteiger partial charge in [0.05, 0.1) is 9.26 Å². The highest BCUT2D eigenvalue weighted by atomic mass is 127. The quantitative estimate of drug-likeness (QED) is 0.781. The molecule has 18 heavy (non-hydrogen) atoms. The maximum absolute atomic E-state index is 4.76. The van der Waals surface area contributed by atoms with E-state index in [9.17, 15) is 0 Å². The standard InChI is InChI=1S/C14H22IN3/c1-4-7-16-14-12(15)13(9(2)3)17-11(18-14)8-10-5-6-10/h9-10H,4-8H2,1-3H3,(H,16,17,18). The van der Waals surface area contributed by atoms with E-state index in [1.807, 2.05) is 0 Å². The average molecular weight is 359 g/mol. The highest BCUT2D eigenvalue weighted by Crippen LogP contribution is 2.33. The molecule has 0 aliphatic heterocycles. The number of hydrogen-bond acceptors (Lipinski definition) is 3. The van der Waals surface area contributed by atoms with Gasteiger partial charge in [0.2, 0.25) is 0 Å². The fourth-order valence-electron chi connectivity index (χ4n) is 1.93. The lowest BCUT2D eigenvalue weighted by Gasteiger charge is -2.14. The van der Waals surface area contributed by atoms with E-state index in [0.717, 1.165) is 36.9 Å². The van der Waals surface area contributed by atoms with E-state index >= 15 is 0 Å². The largest absolute Gasteiger partial charge is 0.369 e. The van der Waals surface area contributed by atoms with Crippen molar-refractivity contribution in [2.45, 2.75) is 52.4 Å². The molecule has 1 saturated carbocycles. The van der Waals surface area contributed by atoms with Crippen molar-refractivity contribution in [3.8, 4) is 0 Å². The minimum Gasteiger partial charge on any atom is -0.369 e. The summed E-state index contributed by atoms with van der Waals surface area (Å²) in [5.74, 6) is 3.36. The summed E-state index contributed by atoms with van der Waals surface area (Å²) in [6, 6.07) is 0. The monoisotopic (exact) mass is 359 g/mol. The molecule has 2 rings (SSSR count). The molecule has 0 aromatic carbocycles. The SMILES string of the molecule is CCCNc1nc(CC2CC2)nc(C(C)C)c1I. The first kappa shape index (κ1) is 14.0. The van der Waals surface area contributed by atoms with Gasteiger partial charge in [-0.2, -0.15) is 0 Å². The highest BCUT2D eigenvalue weighted by molar-refractivity contribution is 14.1. The molecule has 4 heteroatoms. The van der Waals surface area contributed by atoms with Crippen molar-refractivity contribution in [3.05, 3.63) is 15.1 Å². The number of hydrogen-bond donors (Lipinski definition) is 1. The first-order valence-electron chi connectivity index (χ1n) is 6.92. The Kier molecular flexibility index (Phi) is 4.81. The van der Waals surface area contributed by atoms with Crippen LogP contribution in [-0.4, -0.2) is 16.5 Å². The van der Waals surface area contributed by atoms with E-state index in [0.29, 0.717) is 5.92 Å². The highest BCUT2D eigenvalue weighted by Gasteiger charge is 2.24. The topological polar surface area (TPSA) is 37.8 Å². The first-order chi connectivity index (χ1) is 8.61. The van der Waals surface area contributed by atoms with Gasteiger partial charge in [-0.05, 0) is 53.7 Å². The summed E-state index contributed by atoms with van der Waals surface area (Å²) in [5, 5.41) is 3.43. The Morgan fingerprint density at radius 1 is 1.33 bits per heavy atom. The predicted molar refractivity (Wildman–Crippen MR) is 84.0 cm³/mol. The number of anilines is 1. The second-order valence-corrected chi connectivity index (χ2v) is 6.50. The Morgan fingerprint density at radius 3 is 2.61 bits per heavy atom. The molecular formula is C14H22IN3. The summed E-state index contributed by atoms with van der Waals surface area (Å²) in [5.41, 5.74) is 1.19. The van der Waals surface area contributed by atoms with Crippen LogP contribution in [0, 0.1) is 9.49 Å². The van der Waals surface area contributed by atoms with E-state index in [4.69, 9.17) is 9.97 Å². The van der Waals surface area contributed by atoms with Crippen molar-refractivity contribution in [3.63, 3.8) is 0 Å². The molecule has 1 heterocycles. The van der Waals surface area contributed by atoms with Gasteiger partial charge in [0.1, 0.15) is 11.6 Å². The Balaban J connectivity index is 2.26. The molecule has 0 bridgehead atoms. The molecule has 1 aliphatic rings. The number of halogens is 1. The minimum atomic E-state index is 0.458. The maximum atomic E-state index is 4.76. The third kappa shape index (κ3) is 3.56. The Bertz CT molecular complexity index is 414. The zero-order valence-corrected chi connectivity index (χ0v) is 13.6. The summed E-state index contributed by atoms with van der Waals surface area (Å²) in [4.78, 5) is 9.47. The molecular weight excluding hydrogens is 337 g/mol. The van der Waals surface area contributed by atoms with Gasteiger partial charge in [-0.25, -0.2) is 9.97 Å². The third-order valence-electron chi connectivity index (χ3n) is 3.18. The van der Waals surface area contributed by atoms with Gasteiger partial charge in [0.25, 0.3) is 0 Å². The van der Waals surface area contributed by atoms with Crippen LogP contribution < -0.4 is 5.32 Å². The lowest BCUT2D eigenvalue weighted by atomic mass is 10.1. The fourth-order valence-corrected chi connectivity index (χ4v) is 2.98. The van der Waals surface area contributed by atoms with Crippen molar-refractivity contribution in [1.29, 1.82) is 0 Å². The van der Waals surface area contributed by atoms with E-state index in [1.165, 1.54) is 22.1 Å². The predicted octanol–water partition coefficient (Wildman–Crippen LogP) is 3.98. The number of nitrogens with zero attached hydrogens (tertiary/aromatic N) is 2. The van der Waals surface area contributed by atoms with Crippen molar-refractivity contribution in [2.24, 2.45) is 5.92 Å². The average Bonchev–Trinajstić information content (AvgIpc) is 3.13. The van der Waals surface area contributed by atoms with Crippen LogP contribution in [0.4, 0.5) is 5.82 Å². The van der Waals surface area contributed by atoms with E-state index in [1.54, 1.807) is 0 Å². The molecule has 0 saturated heterocycles. The molecule has 0 radical (unpaired) electrons. The molecule has 1 aliphatic carbocycles. The molecule has 1 N–H and O–H groups in total. The van der Waals surface area contributed by atoms with Gasteiger partial charge in [-0.1, -0.05) is 20.8 Å². The van der Waals surface area contributed by atoms with Gasteiger partial charge in [-0.15, -0.1) is 0 Å². The zero-order chi connectivity index (χ0) is 13.1. The van der Waals surface area contributed by atoms with Gasteiger partial charge >= 0.3 is 0 Å².